The second-order valence-corrected chi connectivity index (χ2v) is 13.2. The van der Waals surface area contributed by atoms with Crippen molar-refractivity contribution < 1.29 is 42.5 Å². The quantitative estimate of drug-likeness (QED) is 0.0518. The normalized spacial score (nSPS) is 11.7. The molecule has 0 fully saturated rings. The summed E-state index contributed by atoms with van der Waals surface area (Å²) in [7, 11) is -2.80. The average Bonchev–Trinajstić information content (AvgIpc) is 3.16. The predicted octanol–water partition coefficient (Wildman–Crippen LogP) is 5.55. The van der Waals surface area contributed by atoms with Gasteiger partial charge in [-0.3, -0.25) is 19.7 Å². The van der Waals surface area contributed by atoms with E-state index in [2.05, 4.69) is 15.4 Å². The zero-order valence-corrected chi connectivity index (χ0v) is 30.0. The molecule has 8 N–H and O–H groups in total. The monoisotopic (exact) mass is 753 g/mol. The van der Waals surface area contributed by atoms with Gasteiger partial charge in [0, 0.05) is 29.8 Å². The molecule has 2 atom stereocenters. The molecule has 14 nitrogen and oxygen atoms in total. The molecule has 0 heterocycles. The van der Waals surface area contributed by atoms with Gasteiger partial charge >= 0.3 is 5.97 Å². The summed E-state index contributed by atoms with van der Waals surface area (Å²) < 4.78 is 41.7. The first-order chi connectivity index (χ1) is 25.8. The summed E-state index contributed by atoms with van der Waals surface area (Å²) >= 11 is 0. The Bertz CT molecular complexity index is 2170. The number of carbonyl (C=O) groups excluding carboxylic acids is 1. The lowest BCUT2D eigenvalue weighted by Crippen LogP contribution is -2.39. The molecule has 0 aliphatic rings. The third-order valence-electron chi connectivity index (χ3n) is 7.62. The highest BCUT2D eigenvalue weighted by Gasteiger charge is 2.32. The van der Waals surface area contributed by atoms with Gasteiger partial charge in [0.1, 0.15) is 18.5 Å². The molecule has 0 spiro atoms. The first kappa shape index (κ1) is 39.9. The number of amides is 1. The van der Waals surface area contributed by atoms with Gasteiger partial charge in [-0.1, -0.05) is 78.9 Å². The lowest BCUT2D eigenvalue weighted by atomic mass is 10.0. The van der Waals surface area contributed by atoms with Gasteiger partial charge < -0.3 is 36.1 Å². The van der Waals surface area contributed by atoms with Crippen LogP contribution in [0.3, 0.4) is 0 Å². The molecule has 0 bridgehead atoms. The maximum Gasteiger partial charge on any atom is 0.330 e. The Morgan fingerprint density at radius 2 is 1.35 bits per heavy atom. The highest BCUT2D eigenvalue weighted by atomic mass is 32.2. The Kier molecular flexibility index (Phi) is 13.7. The number of aliphatic carboxylic acids is 2. The number of rotatable bonds is 15. The van der Waals surface area contributed by atoms with Gasteiger partial charge in [-0.15, -0.1) is 0 Å². The number of nitrogens with two attached hydrogens (primary N) is 1. The molecule has 0 saturated carbocycles. The van der Waals surface area contributed by atoms with Crippen LogP contribution in [-0.4, -0.2) is 49.4 Å². The lowest BCUT2D eigenvalue weighted by Gasteiger charge is -2.26. The molecule has 54 heavy (non-hydrogen) atoms. The van der Waals surface area contributed by atoms with Gasteiger partial charge in [-0.25, -0.2) is 13.2 Å². The SMILES string of the molecule is CC(=O)O.COc1cc([C@@H](Nc2ccc(C(=N)N)cc2)C(=O)N[C@H](C(=O)O)c2ccccc2)c(NS(=O)(=O)c2ccccc2)cc1OCc1ccccc1. The molecule has 0 radical (unpaired) electrons. The summed E-state index contributed by atoms with van der Waals surface area (Å²) in [5.41, 5.74) is 7.69. The second kappa shape index (κ2) is 18.6. The number of carboxylic acids is 2. The van der Waals surface area contributed by atoms with Crippen LogP contribution in [0.15, 0.2) is 132 Å². The molecule has 0 aliphatic carbocycles. The number of hydrogen-bond donors (Lipinski definition) is 7. The molecule has 0 saturated heterocycles. The number of methoxy groups -OCH3 is 1. The van der Waals surface area contributed by atoms with Crippen molar-refractivity contribution in [1.82, 2.24) is 5.32 Å². The number of ether oxygens (including phenoxy) is 2. The maximum absolute atomic E-state index is 14.3. The maximum atomic E-state index is 14.3. The van der Waals surface area contributed by atoms with Gasteiger partial charge in [0.15, 0.2) is 17.5 Å². The molecule has 15 heteroatoms. The van der Waals surface area contributed by atoms with E-state index >= 15 is 0 Å². The third-order valence-corrected chi connectivity index (χ3v) is 9.00. The fraction of sp³-hybridized carbons (Fsp3) is 0.128. The number of sulfonamides is 1. The summed E-state index contributed by atoms with van der Waals surface area (Å²) in [5.74, 6) is -2.73. The summed E-state index contributed by atoms with van der Waals surface area (Å²) in [6, 6.07) is 31.6. The molecule has 280 valence electrons. The van der Waals surface area contributed by atoms with Crippen molar-refractivity contribution in [3.63, 3.8) is 0 Å². The first-order valence-corrected chi connectivity index (χ1v) is 17.7. The van der Waals surface area contributed by atoms with Gasteiger partial charge in [0.25, 0.3) is 16.0 Å². The van der Waals surface area contributed by atoms with E-state index in [0.717, 1.165) is 12.5 Å². The topological polar surface area (TPSA) is 230 Å². The van der Waals surface area contributed by atoms with Crippen LogP contribution in [0.4, 0.5) is 11.4 Å². The van der Waals surface area contributed by atoms with Crippen molar-refractivity contribution in [2.24, 2.45) is 5.73 Å². The summed E-state index contributed by atoms with van der Waals surface area (Å²) in [4.78, 5) is 35.6. The van der Waals surface area contributed by atoms with Gasteiger partial charge in [0.05, 0.1) is 17.7 Å². The molecule has 1 amide bonds. The standard InChI is InChI=1S/C37H35N5O7S.C2H4O2/c1-48-31-21-29(30(42-50(46,47)28-15-9-4-10-16-28)22-32(31)49-23-24-11-5-2-6-12-24)34(40-27-19-17-26(18-20-27)35(38)39)36(43)41-33(37(44)45)25-13-7-3-8-14-25;1-2(3)4/h2-22,33-34,40,42H,23H2,1H3,(H3,38,39)(H,41,43)(H,44,45);1H3,(H,3,4)/t33-,34+;/m0./s1. The van der Waals surface area contributed by atoms with E-state index in [1.165, 1.54) is 31.4 Å². The molecular weight excluding hydrogens is 715 g/mol. The number of carbonyl (C=O) groups is 3. The van der Waals surface area contributed by atoms with E-state index in [9.17, 15) is 23.1 Å². The summed E-state index contributed by atoms with van der Waals surface area (Å²) in [6.07, 6.45) is 0. The van der Waals surface area contributed by atoms with Crippen molar-refractivity contribution in [3.8, 4) is 11.5 Å². The fourth-order valence-corrected chi connectivity index (χ4v) is 6.17. The Balaban J connectivity index is 0.00000155. The van der Waals surface area contributed by atoms with Crippen LogP contribution in [-0.2, 0) is 31.0 Å². The number of nitrogen functional groups attached to an aromatic ring is 1. The lowest BCUT2D eigenvalue weighted by molar-refractivity contribution is -0.142. The molecule has 0 aliphatic heterocycles. The number of hydrogen-bond acceptors (Lipinski definition) is 9. The van der Waals surface area contributed by atoms with Crippen LogP contribution in [0.25, 0.3) is 0 Å². The van der Waals surface area contributed by atoms with E-state index in [0.29, 0.717) is 16.8 Å². The predicted molar refractivity (Wildman–Crippen MR) is 203 cm³/mol. The first-order valence-electron chi connectivity index (χ1n) is 16.2. The van der Waals surface area contributed by atoms with E-state index < -0.39 is 40.0 Å². The summed E-state index contributed by atoms with van der Waals surface area (Å²) in [6.45, 7) is 1.21. The largest absolute Gasteiger partial charge is 0.493 e. The van der Waals surface area contributed by atoms with E-state index in [-0.39, 0.29) is 40.1 Å². The number of benzene rings is 5. The molecule has 5 rings (SSSR count). The van der Waals surface area contributed by atoms with Crippen molar-refractivity contribution in [2.45, 2.75) is 30.5 Å². The number of anilines is 2. The molecule has 5 aromatic carbocycles. The van der Waals surface area contributed by atoms with Crippen LogP contribution in [0, 0.1) is 5.41 Å². The fourth-order valence-electron chi connectivity index (χ4n) is 5.07. The average molecular weight is 754 g/mol. The third kappa shape index (κ3) is 11.1. The minimum atomic E-state index is -4.20. The van der Waals surface area contributed by atoms with Crippen LogP contribution in [0.5, 0.6) is 11.5 Å². The van der Waals surface area contributed by atoms with Crippen molar-refractivity contribution in [2.75, 3.05) is 17.1 Å². The Morgan fingerprint density at radius 3 is 1.89 bits per heavy atom. The Morgan fingerprint density at radius 1 is 0.796 bits per heavy atom. The van der Waals surface area contributed by atoms with Gasteiger partial charge in [-0.05, 0) is 53.6 Å². The zero-order valence-electron chi connectivity index (χ0n) is 29.2. The number of nitrogens with one attached hydrogen (secondary N) is 4. The van der Waals surface area contributed by atoms with E-state index in [4.69, 9.17) is 30.5 Å². The zero-order chi connectivity index (χ0) is 39.3. The van der Waals surface area contributed by atoms with Crippen molar-refractivity contribution >= 4 is 45.1 Å². The molecular formula is C39H39N5O9S. The van der Waals surface area contributed by atoms with Crippen molar-refractivity contribution in [3.05, 3.63) is 150 Å². The van der Waals surface area contributed by atoms with Crippen LogP contribution < -0.4 is 30.6 Å². The van der Waals surface area contributed by atoms with Gasteiger partial charge in [-0.2, -0.15) is 0 Å². The van der Waals surface area contributed by atoms with E-state index in [1.807, 2.05) is 30.3 Å². The number of carboxylic acid groups (broad SMARTS) is 2. The number of amidine groups is 1. The van der Waals surface area contributed by atoms with Gasteiger partial charge in [0.2, 0.25) is 5.91 Å². The second-order valence-electron chi connectivity index (χ2n) is 11.6. The minimum absolute atomic E-state index is 0.0303. The molecule has 0 aromatic heterocycles. The van der Waals surface area contributed by atoms with E-state index in [1.54, 1.807) is 72.8 Å². The smallest absolute Gasteiger partial charge is 0.330 e. The Labute approximate surface area is 312 Å². The summed E-state index contributed by atoms with van der Waals surface area (Å²) in [5, 5.41) is 31.0. The molecule has 5 aromatic rings. The van der Waals surface area contributed by atoms with Crippen LogP contribution in [0.1, 0.15) is 41.3 Å². The highest BCUT2D eigenvalue weighted by Crippen LogP contribution is 2.39. The Hall–Kier alpha value is -6.87. The van der Waals surface area contributed by atoms with Crippen molar-refractivity contribution in [1.29, 1.82) is 5.41 Å². The molecule has 0 unspecified atom stereocenters. The minimum Gasteiger partial charge on any atom is -0.493 e. The van der Waals surface area contributed by atoms with Crippen LogP contribution >= 0.6 is 0 Å². The van der Waals surface area contributed by atoms with Crippen LogP contribution in [0.2, 0.25) is 0 Å². The highest BCUT2D eigenvalue weighted by molar-refractivity contribution is 7.92.